The molecule has 0 fully saturated rings. The molecule has 16 heavy (non-hydrogen) atoms. The van der Waals surface area contributed by atoms with Crippen molar-refractivity contribution in [1.29, 1.82) is 5.26 Å². The Hall–Kier alpha value is -2.15. The fraction of sp³-hybridized carbons (Fsp3) is 0.250. The standard InChI is InChI=1S/C12H10N2O2/c1-7-9(5-13)8-3-11-12(16-6-15-11)4-10(8)14(7)2/h3-4H,6H2,1-2H3. The molecule has 0 N–H and O–H groups in total. The summed E-state index contributed by atoms with van der Waals surface area (Å²) in [6, 6.07) is 6.03. The summed E-state index contributed by atoms with van der Waals surface area (Å²) in [5.41, 5.74) is 2.66. The first kappa shape index (κ1) is 9.10. The number of rotatable bonds is 0. The van der Waals surface area contributed by atoms with Crippen LogP contribution >= 0.6 is 0 Å². The van der Waals surface area contributed by atoms with Gasteiger partial charge in [-0.3, -0.25) is 0 Å². The van der Waals surface area contributed by atoms with Gasteiger partial charge in [0.05, 0.1) is 11.1 Å². The Labute approximate surface area is 92.6 Å². The molecule has 4 heteroatoms. The predicted molar refractivity (Wildman–Crippen MR) is 58.5 cm³/mol. The summed E-state index contributed by atoms with van der Waals surface area (Å²) < 4.78 is 12.6. The van der Waals surface area contributed by atoms with Gasteiger partial charge in [0.2, 0.25) is 6.79 Å². The van der Waals surface area contributed by atoms with Crippen LogP contribution in [-0.2, 0) is 7.05 Å². The molecule has 0 spiro atoms. The molecule has 0 saturated heterocycles. The zero-order valence-electron chi connectivity index (χ0n) is 9.07. The van der Waals surface area contributed by atoms with Gasteiger partial charge in [0, 0.05) is 24.2 Å². The largest absolute Gasteiger partial charge is 0.454 e. The van der Waals surface area contributed by atoms with Crippen molar-refractivity contribution >= 4 is 10.9 Å². The molecule has 0 atom stereocenters. The summed E-state index contributed by atoms with van der Waals surface area (Å²) in [4.78, 5) is 0. The van der Waals surface area contributed by atoms with E-state index in [0.29, 0.717) is 5.56 Å². The van der Waals surface area contributed by atoms with Gasteiger partial charge in [-0.2, -0.15) is 5.26 Å². The van der Waals surface area contributed by atoms with Gasteiger partial charge in [0.1, 0.15) is 6.07 Å². The normalized spacial score (nSPS) is 13.1. The Morgan fingerprint density at radius 1 is 1.31 bits per heavy atom. The van der Waals surface area contributed by atoms with E-state index in [-0.39, 0.29) is 6.79 Å². The lowest BCUT2D eigenvalue weighted by Gasteiger charge is -1.99. The van der Waals surface area contributed by atoms with E-state index in [1.165, 1.54) is 0 Å². The van der Waals surface area contributed by atoms with E-state index in [9.17, 15) is 0 Å². The van der Waals surface area contributed by atoms with Crippen molar-refractivity contribution in [3.63, 3.8) is 0 Å². The predicted octanol–water partition coefficient (Wildman–Crippen LogP) is 2.09. The first-order valence-electron chi connectivity index (χ1n) is 5.01. The Morgan fingerprint density at radius 3 is 2.69 bits per heavy atom. The van der Waals surface area contributed by atoms with Gasteiger partial charge < -0.3 is 14.0 Å². The Kier molecular flexibility index (Phi) is 1.66. The number of hydrogen-bond acceptors (Lipinski definition) is 3. The summed E-state index contributed by atoms with van der Waals surface area (Å²) in [6.45, 7) is 2.19. The fourth-order valence-corrected chi connectivity index (χ4v) is 2.09. The SMILES string of the molecule is Cc1c(C#N)c2cc3c(cc2n1C)OCO3. The van der Waals surface area contributed by atoms with Gasteiger partial charge in [-0.05, 0) is 13.0 Å². The van der Waals surface area contributed by atoms with Crippen molar-refractivity contribution in [3.05, 3.63) is 23.4 Å². The quantitative estimate of drug-likeness (QED) is 0.674. The first-order valence-corrected chi connectivity index (χ1v) is 5.01. The van der Waals surface area contributed by atoms with Gasteiger partial charge in [0.25, 0.3) is 0 Å². The number of benzene rings is 1. The van der Waals surface area contributed by atoms with Crippen LogP contribution in [0.4, 0.5) is 0 Å². The van der Waals surface area contributed by atoms with Gasteiger partial charge in [-0.15, -0.1) is 0 Å². The minimum Gasteiger partial charge on any atom is -0.454 e. The zero-order valence-corrected chi connectivity index (χ0v) is 9.07. The fourth-order valence-electron chi connectivity index (χ4n) is 2.09. The summed E-state index contributed by atoms with van der Waals surface area (Å²) in [6.07, 6.45) is 0. The molecule has 80 valence electrons. The molecule has 3 rings (SSSR count). The highest BCUT2D eigenvalue weighted by atomic mass is 16.7. The highest BCUT2D eigenvalue weighted by molar-refractivity contribution is 5.91. The van der Waals surface area contributed by atoms with Crippen molar-refractivity contribution in [2.45, 2.75) is 6.92 Å². The van der Waals surface area contributed by atoms with Crippen LogP contribution in [0.5, 0.6) is 11.5 Å². The molecule has 0 saturated carbocycles. The maximum Gasteiger partial charge on any atom is 0.231 e. The van der Waals surface area contributed by atoms with Crippen LogP contribution in [0.1, 0.15) is 11.3 Å². The summed E-state index contributed by atoms with van der Waals surface area (Å²) >= 11 is 0. The molecular weight excluding hydrogens is 204 g/mol. The third-order valence-corrected chi connectivity index (χ3v) is 3.10. The van der Waals surface area contributed by atoms with E-state index in [1.54, 1.807) is 0 Å². The molecule has 0 radical (unpaired) electrons. The monoisotopic (exact) mass is 214 g/mol. The lowest BCUT2D eigenvalue weighted by Crippen LogP contribution is -1.93. The molecule has 0 amide bonds. The van der Waals surface area contributed by atoms with E-state index in [0.717, 1.165) is 28.1 Å². The lowest BCUT2D eigenvalue weighted by molar-refractivity contribution is 0.174. The van der Waals surface area contributed by atoms with E-state index < -0.39 is 0 Å². The summed E-state index contributed by atoms with van der Waals surface area (Å²) in [5.74, 6) is 1.46. The second kappa shape index (κ2) is 2.92. The van der Waals surface area contributed by atoms with Crippen molar-refractivity contribution in [2.24, 2.45) is 7.05 Å². The maximum atomic E-state index is 9.14. The van der Waals surface area contributed by atoms with Gasteiger partial charge in [0.15, 0.2) is 11.5 Å². The number of ether oxygens (including phenoxy) is 2. The number of aryl methyl sites for hydroxylation is 1. The van der Waals surface area contributed by atoms with Gasteiger partial charge in [-0.1, -0.05) is 0 Å². The van der Waals surface area contributed by atoms with Gasteiger partial charge in [-0.25, -0.2) is 0 Å². The number of aromatic nitrogens is 1. The average molecular weight is 214 g/mol. The molecule has 2 heterocycles. The number of nitriles is 1. The molecule has 1 aliphatic heterocycles. The van der Waals surface area contributed by atoms with Crippen molar-refractivity contribution < 1.29 is 9.47 Å². The first-order chi connectivity index (χ1) is 7.72. The Balaban J connectivity index is 2.45. The molecule has 0 bridgehead atoms. The second-order valence-electron chi connectivity index (χ2n) is 3.85. The highest BCUT2D eigenvalue weighted by Crippen LogP contribution is 2.38. The maximum absolute atomic E-state index is 9.14. The summed E-state index contributed by atoms with van der Waals surface area (Å²) in [5, 5.41) is 10.1. The molecule has 2 aromatic rings. The Bertz CT molecular complexity index is 635. The molecule has 1 aromatic heterocycles. The molecular formula is C12H10N2O2. The van der Waals surface area contributed by atoms with E-state index >= 15 is 0 Å². The van der Waals surface area contributed by atoms with Gasteiger partial charge >= 0.3 is 0 Å². The van der Waals surface area contributed by atoms with Crippen LogP contribution in [0, 0.1) is 18.3 Å². The number of nitrogens with zero attached hydrogens (tertiary/aromatic N) is 2. The molecule has 4 nitrogen and oxygen atoms in total. The van der Waals surface area contributed by atoms with E-state index in [4.69, 9.17) is 14.7 Å². The zero-order chi connectivity index (χ0) is 11.3. The van der Waals surface area contributed by atoms with Crippen LogP contribution in [0.2, 0.25) is 0 Å². The topological polar surface area (TPSA) is 47.2 Å². The van der Waals surface area contributed by atoms with Crippen LogP contribution in [0.3, 0.4) is 0 Å². The van der Waals surface area contributed by atoms with Crippen LogP contribution in [0.25, 0.3) is 10.9 Å². The number of fused-ring (bicyclic) bond motifs is 2. The second-order valence-corrected chi connectivity index (χ2v) is 3.85. The van der Waals surface area contributed by atoms with Crippen molar-refractivity contribution in [3.8, 4) is 17.6 Å². The van der Waals surface area contributed by atoms with Crippen molar-refractivity contribution in [1.82, 2.24) is 4.57 Å². The molecule has 1 aliphatic rings. The third kappa shape index (κ3) is 0.974. The number of hydrogen-bond donors (Lipinski definition) is 0. The lowest BCUT2D eigenvalue weighted by atomic mass is 10.1. The average Bonchev–Trinajstić information content (AvgIpc) is 2.82. The molecule has 0 aliphatic carbocycles. The molecule has 1 aromatic carbocycles. The molecule has 0 unspecified atom stereocenters. The van der Waals surface area contributed by atoms with E-state index in [1.807, 2.05) is 30.7 Å². The summed E-state index contributed by atoms with van der Waals surface area (Å²) in [7, 11) is 1.95. The highest BCUT2D eigenvalue weighted by Gasteiger charge is 2.19. The smallest absolute Gasteiger partial charge is 0.231 e. The Morgan fingerprint density at radius 2 is 2.00 bits per heavy atom. The van der Waals surface area contributed by atoms with Crippen molar-refractivity contribution in [2.75, 3.05) is 6.79 Å². The third-order valence-electron chi connectivity index (χ3n) is 3.10. The minimum atomic E-state index is 0.256. The van der Waals surface area contributed by atoms with Crippen LogP contribution in [0.15, 0.2) is 12.1 Å². The van der Waals surface area contributed by atoms with Crippen LogP contribution in [-0.4, -0.2) is 11.4 Å². The van der Waals surface area contributed by atoms with Crippen LogP contribution < -0.4 is 9.47 Å². The van der Waals surface area contributed by atoms with E-state index in [2.05, 4.69) is 6.07 Å². The minimum absolute atomic E-state index is 0.256.